The highest BCUT2D eigenvalue weighted by Gasteiger charge is 2.15. The first-order valence-electron chi connectivity index (χ1n) is 6.08. The Kier molecular flexibility index (Phi) is 3.60. The van der Waals surface area contributed by atoms with Gasteiger partial charge >= 0.3 is 0 Å². The molecular weight excluding hydrogens is 180 g/mol. The third kappa shape index (κ3) is 2.95. The minimum atomic E-state index is 0.731. The van der Waals surface area contributed by atoms with Gasteiger partial charge in [-0.25, -0.2) is 0 Å². The molecule has 1 aliphatic rings. The van der Waals surface area contributed by atoms with Gasteiger partial charge < -0.3 is 0 Å². The number of allylic oxidation sites excluding steroid dienone is 1. The third-order valence-electron chi connectivity index (χ3n) is 3.45. The Morgan fingerprint density at radius 3 is 2.67 bits per heavy atom. The van der Waals surface area contributed by atoms with E-state index >= 15 is 0 Å². The second kappa shape index (κ2) is 5.16. The van der Waals surface area contributed by atoms with E-state index in [0.717, 1.165) is 5.92 Å². The Morgan fingerprint density at radius 1 is 1.07 bits per heavy atom. The van der Waals surface area contributed by atoms with Crippen molar-refractivity contribution in [1.82, 2.24) is 0 Å². The van der Waals surface area contributed by atoms with Crippen molar-refractivity contribution in [3.05, 3.63) is 48.0 Å². The van der Waals surface area contributed by atoms with Crippen LogP contribution in [-0.2, 0) is 6.42 Å². The maximum absolute atomic E-state index is 4.25. The Hall–Kier alpha value is -1.04. The predicted octanol–water partition coefficient (Wildman–Crippen LogP) is 4.37. The molecule has 1 saturated carbocycles. The van der Waals surface area contributed by atoms with Crippen molar-refractivity contribution in [3.63, 3.8) is 0 Å². The summed E-state index contributed by atoms with van der Waals surface area (Å²) in [6.45, 7) is 4.25. The smallest absolute Gasteiger partial charge is 0.0165 e. The van der Waals surface area contributed by atoms with Gasteiger partial charge in [0.2, 0.25) is 0 Å². The van der Waals surface area contributed by atoms with E-state index in [0.29, 0.717) is 0 Å². The molecule has 1 aliphatic carbocycles. The summed E-state index contributed by atoms with van der Waals surface area (Å²) in [7, 11) is 0. The van der Waals surface area contributed by atoms with E-state index in [4.69, 9.17) is 0 Å². The molecule has 0 bridgehead atoms. The number of benzene rings is 1. The summed E-state index contributed by atoms with van der Waals surface area (Å²) >= 11 is 0. The van der Waals surface area contributed by atoms with Gasteiger partial charge in [0, 0.05) is 0 Å². The second-order valence-corrected chi connectivity index (χ2v) is 4.64. The molecule has 0 saturated heterocycles. The molecule has 15 heavy (non-hydrogen) atoms. The quantitative estimate of drug-likeness (QED) is 0.491. The summed E-state index contributed by atoms with van der Waals surface area (Å²) in [5.74, 6) is 0.731. The molecule has 1 unspecified atom stereocenters. The Labute approximate surface area is 93.0 Å². The van der Waals surface area contributed by atoms with Crippen LogP contribution in [0.5, 0.6) is 0 Å². The first kappa shape index (κ1) is 10.5. The van der Waals surface area contributed by atoms with Gasteiger partial charge in [-0.1, -0.05) is 55.3 Å². The molecule has 1 aromatic rings. The summed E-state index contributed by atoms with van der Waals surface area (Å²) in [5, 5.41) is 0. The molecule has 0 radical (unpaired) electrons. The molecule has 0 N–H and O–H groups in total. The monoisotopic (exact) mass is 200 g/mol. The largest absolute Gasteiger partial charge is 0.0996 e. The summed E-state index contributed by atoms with van der Waals surface area (Å²) in [4.78, 5) is 0. The van der Waals surface area contributed by atoms with E-state index in [2.05, 4.69) is 36.9 Å². The molecule has 1 atom stereocenters. The first-order valence-corrected chi connectivity index (χ1v) is 6.08. The lowest BCUT2D eigenvalue weighted by atomic mass is 9.89. The molecule has 0 heterocycles. The van der Waals surface area contributed by atoms with E-state index in [1.165, 1.54) is 49.7 Å². The van der Waals surface area contributed by atoms with Crippen LogP contribution in [0.25, 0.3) is 0 Å². The van der Waals surface area contributed by atoms with E-state index in [1.54, 1.807) is 0 Å². The average Bonchev–Trinajstić information content (AvgIpc) is 2.46. The molecule has 0 spiro atoms. The Bertz CT molecular complexity index is 310. The van der Waals surface area contributed by atoms with Crippen molar-refractivity contribution in [2.75, 3.05) is 0 Å². The SMILES string of the molecule is C=C1CCCCCC1Cc1ccccc1. The van der Waals surface area contributed by atoms with Gasteiger partial charge in [-0.05, 0) is 37.2 Å². The lowest BCUT2D eigenvalue weighted by molar-refractivity contribution is 0.547. The lowest BCUT2D eigenvalue weighted by Gasteiger charge is -2.16. The molecule has 0 aliphatic heterocycles. The van der Waals surface area contributed by atoms with Crippen LogP contribution in [0, 0.1) is 5.92 Å². The maximum Gasteiger partial charge on any atom is -0.0165 e. The first-order chi connectivity index (χ1) is 7.36. The van der Waals surface area contributed by atoms with Crippen LogP contribution in [0.15, 0.2) is 42.5 Å². The van der Waals surface area contributed by atoms with Crippen LogP contribution in [0.3, 0.4) is 0 Å². The molecule has 1 fully saturated rings. The number of rotatable bonds is 2. The molecule has 80 valence electrons. The van der Waals surface area contributed by atoms with E-state index in [1.807, 2.05) is 0 Å². The fourth-order valence-electron chi connectivity index (χ4n) is 2.47. The third-order valence-corrected chi connectivity index (χ3v) is 3.45. The zero-order chi connectivity index (χ0) is 10.5. The van der Waals surface area contributed by atoms with Gasteiger partial charge in [0.05, 0.1) is 0 Å². The van der Waals surface area contributed by atoms with Crippen molar-refractivity contribution in [2.24, 2.45) is 5.92 Å². The van der Waals surface area contributed by atoms with E-state index in [9.17, 15) is 0 Å². The minimum Gasteiger partial charge on any atom is -0.0996 e. The van der Waals surface area contributed by atoms with E-state index < -0.39 is 0 Å². The summed E-state index contributed by atoms with van der Waals surface area (Å²) in [5.41, 5.74) is 2.95. The summed E-state index contributed by atoms with van der Waals surface area (Å²) in [6, 6.07) is 10.8. The average molecular weight is 200 g/mol. The fraction of sp³-hybridized carbons (Fsp3) is 0.467. The lowest BCUT2D eigenvalue weighted by Crippen LogP contribution is -2.05. The van der Waals surface area contributed by atoms with E-state index in [-0.39, 0.29) is 0 Å². The van der Waals surface area contributed by atoms with Crippen molar-refractivity contribution < 1.29 is 0 Å². The van der Waals surface area contributed by atoms with Crippen LogP contribution in [0.4, 0.5) is 0 Å². The highest BCUT2D eigenvalue weighted by Crippen LogP contribution is 2.29. The highest BCUT2D eigenvalue weighted by atomic mass is 14.2. The van der Waals surface area contributed by atoms with Crippen molar-refractivity contribution >= 4 is 0 Å². The van der Waals surface area contributed by atoms with Gasteiger partial charge in [-0.2, -0.15) is 0 Å². The van der Waals surface area contributed by atoms with Gasteiger partial charge in [0.15, 0.2) is 0 Å². The zero-order valence-electron chi connectivity index (χ0n) is 9.41. The van der Waals surface area contributed by atoms with Crippen LogP contribution < -0.4 is 0 Å². The Morgan fingerprint density at radius 2 is 1.87 bits per heavy atom. The van der Waals surface area contributed by atoms with Crippen LogP contribution in [0.2, 0.25) is 0 Å². The van der Waals surface area contributed by atoms with Gasteiger partial charge in [-0.15, -0.1) is 0 Å². The van der Waals surface area contributed by atoms with Crippen molar-refractivity contribution in [1.29, 1.82) is 0 Å². The molecule has 0 heteroatoms. The standard InChI is InChI=1S/C15H20/c1-13-8-4-2-7-11-15(13)12-14-9-5-3-6-10-14/h3,5-6,9-10,15H,1-2,4,7-8,11-12H2. The van der Waals surface area contributed by atoms with Gasteiger partial charge in [-0.3, -0.25) is 0 Å². The molecular formula is C15H20. The molecule has 1 aromatic carbocycles. The second-order valence-electron chi connectivity index (χ2n) is 4.64. The summed E-state index contributed by atoms with van der Waals surface area (Å²) in [6.07, 6.45) is 7.91. The normalized spacial score (nSPS) is 22.4. The van der Waals surface area contributed by atoms with Crippen molar-refractivity contribution in [3.8, 4) is 0 Å². The molecule has 0 aromatic heterocycles. The van der Waals surface area contributed by atoms with Gasteiger partial charge in [0.25, 0.3) is 0 Å². The predicted molar refractivity (Wildman–Crippen MR) is 65.9 cm³/mol. The van der Waals surface area contributed by atoms with Crippen molar-refractivity contribution in [2.45, 2.75) is 38.5 Å². The molecule has 0 amide bonds. The molecule has 0 nitrogen and oxygen atoms in total. The fourth-order valence-corrected chi connectivity index (χ4v) is 2.47. The number of hydrogen-bond acceptors (Lipinski definition) is 0. The minimum absolute atomic E-state index is 0.731. The van der Waals surface area contributed by atoms with Crippen LogP contribution in [0.1, 0.15) is 37.7 Å². The van der Waals surface area contributed by atoms with Gasteiger partial charge in [0.1, 0.15) is 0 Å². The number of hydrogen-bond donors (Lipinski definition) is 0. The van der Waals surface area contributed by atoms with Crippen LogP contribution >= 0.6 is 0 Å². The molecule has 2 rings (SSSR count). The topological polar surface area (TPSA) is 0 Å². The van der Waals surface area contributed by atoms with Crippen LogP contribution in [-0.4, -0.2) is 0 Å². The zero-order valence-corrected chi connectivity index (χ0v) is 9.41. The maximum atomic E-state index is 4.25. The summed E-state index contributed by atoms with van der Waals surface area (Å²) < 4.78 is 0. The highest BCUT2D eigenvalue weighted by molar-refractivity contribution is 5.18. The Balaban J connectivity index is 2.01.